The normalized spacial score (nSPS) is 11.1. The average Bonchev–Trinajstić information content (AvgIpc) is 2.46. The summed E-state index contributed by atoms with van der Waals surface area (Å²) in [7, 11) is 0. The fourth-order valence-corrected chi connectivity index (χ4v) is 1.90. The van der Waals surface area contributed by atoms with Gasteiger partial charge in [-0.1, -0.05) is 54.6 Å². The molecular weight excluding hydrogens is 220 g/mol. The van der Waals surface area contributed by atoms with E-state index in [-0.39, 0.29) is 0 Å². The Morgan fingerprint density at radius 2 is 1.50 bits per heavy atom. The van der Waals surface area contributed by atoms with Crippen LogP contribution in [0.1, 0.15) is 11.3 Å². The maximum atomic E-state index is 4.32. The molecule has 2 heteroatoms. The van der Waals surface area contributed by atoms with E-state index in [4.69, 9.17) is 0 Å². The molecule has 3 aromatic rings. The number of benzene rings is 2. The molecule has 1 heterocycles. The molecule has 3 rings (SSSR count). The molecule has 0 aliphatic heterocycles. The van der Waals surface area contributed by atoms with Crippen molar-refractivity contribution in [2.45, 2.75) is 0 Å². The number of aromatic nitrogens is 2. The second kappa shape index (κ2) is 4.80. The lowest BCUT2D eigenvalue weighted by molar-refractivity contribution is 1.21. The third-order valence-electron chi connectivity index (χ3n) is 2.81. The Kier molecular flexibility index (Phi) is 2.84. The zero-order valence-electron chi connectivity index (χ0n) is 9.82. The Morgan fingerprint density at radius 1 is 0.722 bits per heavy atom. The Morgan fingerprint density at radius 3 is 2.39 bits per heavy atom. The van der Waals surface area contributed by atoms with Crippen LogP contribution in [0.25, 0.3) is 23.1 Å². The van der Waals surface area contributed by atoms with Crippen LogP contribution in [0.4, 0.5) is 0 Å². The van der Waals surface area contributed by atoms with Gasteiger partial charge in [0.1, 0.15) is 6.33 Å². The quantitative estimate of drug-likeness (QED) is 0.671. The average molecular weight is 232 g/mol. The van der Waals surface area contributed by atoms with Gasteiger partial charge in [0.05, 0.1) is 11.2 Å². The van der Waals surface area contributed by atoms with Crippen molar-refractivity contribution in [2.24, 2.45) is 0 Å². The van der Waals surface area contributed by atoms with E-state index in [0.29, 0.717) is 0 Å². The molecule has 0 fully saturated rings. The molecular formula is C16H12N2. The lowest BCUT2D eigenvalue weighted by atomic mass is 10.1. The molecule has 0 amide bonds. The van der Waals surface area contributed by atoms with Gasteiger partial charge in [-0.3, -0.25) is 0 Å². The standard InChI is InChI=1S/C16H12N2/c1-2-6-13(7-3-1)10-11-16-14-8-4-5-9-15(14)17-12-18-16/h1-12H. The number of hydrogen-bond donors (Lipinski definition) is 0. The summed E-state index contributed by atoms with van der Waals surface area (Å²) in [4.78, 5) is 8.58. The fraction of sp³-hybridized carbons (Fsp3) is 0. The van der Waals surface area contributed by atoms with Crippen molar-refractivity contribution < 1.29 is 0 Å². The summed E-state index contributed by atoms with van der Waals surface area (Å²) in [5.74, 6) is 0. The van der Waals surface area contributed by atoms with Crippen molar-refractivity contribution in [3.63, 3.8) is 0 Å². The molecule has 1 aromatic heterocycles. The maximum Gasteiger partial charge on any atom is 0.116 e. The van der Waals surface area contributed by atoms with Crippen LogP contribution in [-0.4, -0.2) is 9.97 Å². The molecule has 2 nitrogen and oxygen atoms in total. The van der Waals surface area contributed by atoms with Gasteiger partial charge >= 0.3 is 0 Å². The lowest BCUT2D eigenvalue weighted by Gasteiger charge is -1.99. The smallest absolute Gasteiger partial charge is 0.116 e. The van der Waals surface area contributed by atoms with Gasteiger partial charge in [0, 0.05) is 5.39 Å². The van der Waals surface area contributed by atoms with Crippen molar-refractivity contribution >= 4 is 23.1 Å². The van der Waals surface area contributed by atoms with Gasteiger partial charge in [0.2, 0.25) is 0 Å². The number of para-hydroxylation sites is 1. The van der Waals surface area contributed by atoms with Crippen LogP contribution in [0.15, 0.2) is 60.9 Å². The predicted octanol–water partition coefficient (Wildman–Crippen LogP) is 3.80. The molecule has 0 atom stereocenters. The number of hydrogen-bond acceptors (Lipinski definition) is 2. The molecule has 86 valence electrons. The van der Waals surface area contributed by atoms with Gasteiger partial charge in [-0.05, 0) is 17.7 Å². The third-order valence-corrected chi connectivity index (χ3v) is 2.81. The van der Waals surface area contributed by atoms with E-state index in [1.165, 1.54) is 5.56 Å². The van der Waals surface area contributed by atoms with E-state index >= 15 is 0 Å². The van der Waals surface area contributed by atoms with Gasteiger partial charge < -0.3 is 0 Å². The molecule has 0 N–H and O–H groups in total. The SMILES string of the molecule is C(=Cc1ncnc2ccccc12)c1ccccc1. The Balaban J connectivity index is 2.03. The Hall–Kier alpha value is -2.48. The minimum Gasteiger partial charge on any atom is -0.236 e. The summed E-state index contributed by atoms with van der Waals surface area (Å²) < 4.78 is 0. The van der Waals surface area contributed by atoms with Crippen LogP contribution < -0.4 is 0 Å². The van der Waals surface area contributed by atoms with Crippen molar-refractivity contribution in [3.05, 3.63) is 72.2 Å². The summed E-state index contributed by atoms with van der Waals surface area (Å²) >= 11 is 0. The van der Waals surface area contributed by atoms with Crippen LogP contribution in [-0.2, 0) is 0 Å². The van der Waals surface area contributed by atoms with Gasteiger partial charge in [0.15, 0.2) is 0 Å². The molecule has 18 heavy (non-hydrogen) atoms. The minimum atomic E-state index is 0.949. The molecule has 0 unspecified atom stereocenters. The molecule has 0 saturated carbocycles. The van der Waals surface area contributed by atoms with Crippen LogP contribution in [0.3, 0.4) is 0 Å². The first-order valence-electron chi connectivity index (χ1n) is 5.86. The van der Waals surface area contributed by atoms with Gasteiger partial charge in [0.25, 0.3) is 0 Å². The van der Waals surface area contributed by atoms with E-state index in [0.717, 1.165) is 16.6 Å². The van der Waals surface area contributed by atoms with Gasteiger partial charge in [-0.25, -0.2) is 9.97 Å². The highest BCUT2D eigenvalue weighted by molar-refractivity contribution is 5.88. The highest BCUT2D eigenvalue weighted by Crippen LogP contribution is 2.16. The second-order valence-corrected chi connectivity index (χ2v) is 4.02. The summed E-state index contributed by atoms with van der Waals surface area (Å²) in [6.07, 6.45) is 5.70. The fourth-order valence-electron chi connectivity index (χ4n) is 1.90. The summed E-state index contributed by atoms with van der Waals surface area (Å²) in [5, 5.41) is 1.08. The molecule has 0 spiro atoms. The van der Waals surface area contributed by atoms with E-state index < -0.39 is 0 Å². The Bertz CT molecular complexity index is 682. The van der Waals surface area contributed by atoms with Gasteiger partial charge in [-0.2, -0.15) is 0 Å². The zero-order chi connectivity index (χ0) is 12.2. The summed E-state index contributed by atoms with van der Waals surface area (Å²) in [6.45, 7) is 0. The topological polar surface area (TPSA) is 25.8 Å². The molecule has 2 aromatic carbocycles. The highest BCUT2D eigenvalue weighted by atomic mass is 14.8. The van der Waals surface area contributed by atoms with Crippen LogP contribution in [0, 0.1) is 0 Å². The first-order valence-corrected chi connectivity index (χ1v) is 5.86. The number of nitrogens with zero attached hydrogens (tertiary/aromatic N) is 2. The minimum absolute atomic E-state index is 0.949. The van der Waals surface area contributed by atoms with Crippen molar-refractivity contribution in [2.75, 3.05) is 0 Å². The van der Waals surface area contributed by atoms with E-state index in [2.05, 4.69) is 28.2 Å². The summed E-state index contributed by atoms with van der Waals surface area (Å²) in [6, 6.07) is 18.2. The second-order valence-electron chi connectivity index (χ2n) is 4.02. The number of rotatable bonds is 2. The van der Waals surface area contributed by atoms with Crippen LogP contribution >= 0.6 is 0 Å². The van der Waals surface area contributed by atoms with Gasteiger partial charge in [-0.15, -0.1) is 0 Å². The number of fused-ring (bicyclic) bond motifs is 1. The van der Waals surface area contributed by atoms with E-state index in [1.54, 1.807) is 6.33 Å². The first kappa shape index (κ1) is 10.7. The molecule has 0 radical (unpaired) electrons. The molecule has 0 bridgehead atoms. The first-order chi connectivity index (χ1) is 8.93. The van der Waals surface area contributed by atoms with E-state index in [1.807, 2.05) is 48.5 Å². The Labute approximate surface area is 106 Å². The molecule has 0 aliphatic rings. The predicted molar refractivity (Wildman–Crippen MR) is 74.9 cm³/mol. The lowest BCUT2D eigenvalue weighted by Crippen LogP contribution is -1.86. The monoisotopic (exact) mass is 232 g/mol. The van der Waals surface area contributed by atoms with Crippen molar-refractivity contribution in [1.29, 1.82) is 0 Å². The molecule has 0 aliphatic carbocycles. The van der Waals surface area contributed by atoms with Crippen molar-refractivity contribution in [1.82, 2.24) is 9.97 Å². The summed E-state index contributed by atoms with van der Waals surface area (Å²) in [5.41, 5.74) is 3.09. The van der Waals surface area contributed by atoms with Crippen LogP contribution in [0.2, 0.25) is 0 Å². The van der Waals surface area contributed by atoms with E-state index in [9.17, 15) is 0 Å². The maximum absolute atomic E-state index is 4.32. The van der Waals surface area contributed by atoms with Crippen molar-refractivity contribution in [3.8, 4) is 0 Å². The van der Waals surface area contributed by atoms with Crippen LogP contribution in [0.5, 0.6) is 0 Å². The highest BCUT2D eigenvalue weighted by Gasteiger charge is 1.98. The third kappa shape index (κ3) is 2.13. The largest absolute Gasteiger partial charge is 0.236 e. The molecule has 0 saturated heterocycles. The zero-order valence-corrected chi connectivity index (χ0v) is 9.82.